The fourth-order valence-electron chi connectivity index (χ4n) is 2.77. The summed E-state index contributed by atoms with van der Waals surface area (Å²) in [6.07, 6.45) is 0. The average Bonchev–Trinajstić information content (AvgIpc) is 1.86. The summed E-state index contributed by atoms with van der Waals surface area (Å²) in [5.74, 6) is 0. The average molecular weight is 186 g/mol. The smallest absolute Gasteiger partial charge is 0.152 e. The van der Waals surface area contributed by atoms with Gasteiger partial charge in [0.1, 0.15) is 0 Å². The molecule has 0 aliphatic heterocycles. The first kappa shape index (κ1) is 12.2. The number of hydrogen-bond donors (Lipinski definition) is 0. The van der Waals surface area contributed by atoms with Crippen molar-refractivity contribution in [3.05, 3.63) is 0 Å². The highest BCUT2D eigenvalue weighted by atomic mass is 28.3. The van der Waals surface area contributed by atoms with E-state index in [1.54, 1.807) is 0 Å². The van der Waals surface area contributed by atoms with E-state index in [9.17, 15) is 0 Å². The molecule has 73 valence electrons. The molecular formula is C10H24NSi. The van der Waals surface area contributed by atoms with Gasteiger partial charge in [0.25, 0.3) is 0 Å². The first-order chi connectivity index (χ1) is 5.39. The van der Waals surface area contributed by atoms with Gasteiger partial charge in [-0.2, -0.15) is 0 Å². The summed E-state index contributed by atoms with van der Waals surface area (Å²) in [5.41, 5.74) is 2.30. The molecule has 0 bridgehead atoms. The Balaban J connectivity index is 4.77. The first-order valence-electron chi connectivity index (χ1n) is 5.00. The molecule has 1 nitrogen and oxygen atoms in total. The predicted molar refractivity (Wildman–Crippen MR) is 59.1 cm³/mol. The Bertz CT molecular complexity index is 108. The lowest BCUT2D eigenvalue weighted by Gasteiger charge is -2.41. The van der Waals surface area contributed by atoms with Crippen LogP contribution in [0.15, 0.2) is 0 Å². The zero-order valence-corrected chi connectivity index (χ0v) is 10.7. The van der Waals surface area contributed by atoms with Crippen LogP contribution in [-0.2, 0) is 0 Å². The van der Waals surface area contributed by atoms with Crippen molar-refractivity contribution in [2.75, 3.05) is 7.05 Å². The SMILES string of the molecule is C[N][Si](C(C)C)(C(C)C)C(C)C. The molecule has 1 radical (unpaired) electrons. The molecule has 0 unspecified atom stereocenters. The zero-order chi connectivity index (χ0) is 9.94. The van der Waals surface area contributed by atoms with Gasteiger partial charge in [-0.3, -0.25) is 4.98 Å². The highest BCUT2D eigenvalue weighted by Crippen LogP contribution is 2.39. The summed E-state index contributed by atoms with van der Waals surface area (Å²) in [4.78, 5) is 4.76. The minimum atomic E-state index is -1.38. The summed E-state index contributed by atoms with van der Waals surface area (Å²) >= 11 is 0. The maximum absolute atomic E-state index is 4.76. The summed E-state index contributed by atoms with van der Waals surface area (Å²) in [5, 5.41) is 0. The van der Waals surface area contributed by atoms with Gasteiger partial charge in [0.05, 0.1) is 0 Å². The van der Waals surface area contributed by atoms with Gasteiger partial charge in [-0.05, 0) is 23.7 Å². The van der Waals surface area contributed by atoms with E-state index in [1.165, 1.54) is 0 Å². The molecule has 0 saturated carbocycles. The van der Waals surface area contributed by atoms with E-state index >= 15 is 0 Å². The largest absolute Gasteiger partial charge is 0.272 e. The standard InChI is InChI=1S/C10H24NSi/c1-8(2)12(11-7,9(3)4)10(5)6/h8-10H,1-7H3. The van der Waals surface area contributed by atoms with Gasteiger partial charge in [-0.1, -0.05) is 41.5 Å². The van der Waals surface area contributed by atoms with Crippen molar-refractivity contribution in [1.29, 1.82) is 0 Å². The van der Waals surface area contributed by atoms with Gasteiger partial charge < -0.3 is 0 Å². The molecule has 0 rings (SSSR count). The van der Waals surface area contributed by atoms with E-state index in [1.807, 2.05) is 7.05 Å². The fourth-order valence-corrected chi connectivity index (χ4v) is 8.32. The Labute approximate surface area is 79.0 Å². The lowest BCUT2D eigenvalue weighted by molar-refractivity contribution is 0.764. The molecule has 12 heavy (non-hydrogen) atoms. The lowest BCUT2D eigenvalue weighted by Crippen LogP contribution is -2.52. The van der Waals surface area contributed by atoms with E-state index < -0.39 is 8.24 Å². The zero-order valence-electron chi connectivity index (χ0n) is 9.68. The molecule has 0 aromatic heterocycles. The molecule has 0 spiro atoms. The molecule has 0 fully saturated rings. The van der Waals surface area contributed by atoms with Crippen LogP contribution in [0.5, 0.6) is 0 Å². The van der Waals surface area contributed by atoms with Crippen LogP contribution in [0.1, 0.15) is 41.5 Å². The molecule has 0 atom stereocenters. The number of rotatable bonds is 4. The lowest BCUT2D eigenvalue weighted by atomic mass is 10.5. The summed E-state index contributed by atoms with van der Waals surface area (Å²) in [7, 11) is 0.644. The highest BCUT2D eigenvalue weighted by Gasteiger charge is 2.42. The van der Waals surface area contributed by atoms with E-state index in [4.69, 9.17) is 4.98 Å². The van der Waals surface area contributed by atoms with Crippen LogP contribution < -0.4 is 4.98 Å². The second kappa shape index (κ2) is 4.42. The summed E-state index contributed by atoms with van der Waals surface area (Å²) in [6.45, 7) is 14.0. The Morgan fingerprint density at radius 3 is 1.00 bits per heavy atom. The van der Waals surface area contributed by atoms with Crippen molar-refractivity contribution in [1.82, 2.24) is 4.98 Å². The van der Waals surface area contributed by atoms with Crippen LogP contribution in [0.3, 0.4) is 0 Å². The van der Waals surface area contributed by atoms with Crippen LogP contribution in [0.25, 0.3) is 0 Å². The predicted octanol–water partition coefficient (Wildman–Crippen LogP) is 3.40. The Hall–Kier alpha value is 0.177. The molecule has 2 heteroatoms. The highest BCUT2D eigenvalue weighted by molar-refractivity contribution is 6.81. The van der Waals surface area contributed by atoms with Crippen LogP contribution >= 0.6 is 0 Å². The molecule has 0 aromatic carbocycles. The molecule has 0 saturated heterocycles. The van der Waals surface area contributed by atoms with E-state index in [-0.39, 0.29) is 0 Å². The molecule has 0 heterocycles. The van der Waals surface area contributed by atoms with Crippen LogP contribution in [0.4, 0.5) is 0 Å². The van der Waals surface area contributed by atoms with Crippen LogP contribution in [0.2, 0.25) is 16.6 Å². The van der Waals surface area contributed by atoms with Crippen LogP contribution in [-0.4, -0.2) is 15.3 Å². The minimum absolute atomic E-state index is 0.766. The third-order valence-electron chi connectivity index (χ3n) is 3.16. The Morgan fingerprint density at radius 2 is 1.00 bits per heavy atom. The van der Waals surface area contributed by atoms with Crippen molar-refractivity contribution in [2.45, 2.75) is 58.2 Å². The second-order valence-corrected chi connectivity index (χ2v) is 10.3. The van der Waals surface area contributed by atoms with Crippen molar-refractivity contribution >= 4 is 8.24 Å². The molecule has 0 aliphatic carbocycles. The maximum atomic E-state index is 4.76. The van der Waals surface area contributed by atoms with Gasteiger partial charge >= 0.3 is 0 Å². The third-order valence-corrected chi connectivity index (χ3v) is 9.49. The molecule has 0 amide bonds. The summed E-state index contributed by atoms with van der Waals surface area (Å²) in [6, 6.07) is 0. The van der Waals surface area contributed by atoms with Crippen LogP contribution in [0, 0.1) is 0 Å². The fraction of sp³-hybridized carbons (Fsp3) is 1.00. The molecule has 0 aromatic rings. The monoisotopic (exact) mass is 186 g/mol. The van der Waals surface area contributed by atoms with E-state index in [0.717, 1.165) is 16.6 Å². The topological polar surface area (TPSA) is 14.1 Å². The third kappa shape index (κ3) is 1.91. The summed E-state index contributed by atoms with van der Waals surface area (Å²) < 4.78 is 0. The van der Waals surface area contributed by atoms with Crippen molar-refractivity contribution in [2.24, 2.45) is 0 Å². The van der Waals surface area contributed by atoms with Crippen molar-refractivity contribution < 1.29 is 0 Å². The van der Waals surface area contributed by atoms with Gasteiger partial charge in [-0.15, -0.1) is 0 Å². The van der Waals surface area contributed by atoms with Gasteiger partial charge in [-0.25, -0.2) is 0 Å². The van der Waals surface area contributed by atoms with Gasteiger partial charge in [0, 0.05) is 0 Å². The van der Waals surface area contributed by atoms with Gasteiger partial charge in [0.2, 0.25) is 0 Å². The maximum Gasteiger partial charge on any atom is 0.152 e. The number of hydrogen-bond acceptors (Lipinski definition) is 0. The molecular weight excluding hydrogens is 162 g/mol. The minimum Gasteiger partial charge on any atom is -0.272 e. The Kier molecular flexibility index (Phi) is 4.49. The van der Waals surface area contributed by atoms with Gasteiger partial charge in [0.15, 0.2) is 8.24 Å². The van der Waals surface area contributed by atoms with E-state index in [2.05, 4.69) is 41.5 Å². The molecule has 0 aliphatic rings. The Morgan fingerprint density at radius 1 is 0.750 bits per heavy atom. The quantitative estimate of drug-likeness (QED) is 0.598. The second-order valence-electron chi connectivity index (χ2n) is 4.58. The molecule has 0 N–H and O–H groups in total. The first-order valence-corrected chi connectivity index (χ1v) is 7.18. The van der Waals surface area contributed by atoms with Crippen molar-refractivity contribution in [3.63, 3.8) is 0 Å². The number of nitrogens with zero attached hydrogens (tertiary/aromatic N) is 1. The normalized spacial score (nSPS) is 13.5. The van der Waals surface area contributed by atoms with Crippen molar-refractivity contribution in [3.8, 4) is 0 Å². The van der Waals surface area contributed by atoms with E-state index in [0.29, 0.717) is 0 Å².